The van der Waals surface area contributed by atoms with Crippen molar-refractivity contribution in [2.24, 2.45) is 0 Å². The molecule has 0 heterocycles. The van der Waals surface area contributed by atoms with E-state index in [2.05, 4.69) is 91.1 Å². The van der Waals surface area contributed by atoms with Gasteiger partial charge < -0.3 is 9.47 Å². The van der Waals surface area contributed by atoms with Gasteiger partial charge in [-0.05, 0) is 33.1 Å². The molecule has 0 bridgehead atoms. The quantitative estimate of drug-likeness (QED) is 0.492. The Morgan fingerprint density at radius 2 is 0.931 bits per heavy atom. The summed E-state index contributed by atoms with van der Waals surface area (Å²) >= 11 is 9.12. The zero-order chi connectivity index (χ0) is 22.0. The van der Waals surface area contributed by atoms with Crippen LogP contribution < -0.4 is 9.47 Å². The molecule has 0 unspecified atom stereocenters. The number of ether oxygens (including phenoxy) is 2. The molecule has 0 aliphatic rings. The van der Waals surface area contributed by atoms with E-state index in [1.165, 1.54) is 22.3 Å². The number of methoxy groups -OCH3 is 2. The summed E-state index contributed by atoms with van der Waals surface area (Å²) < 4.78 is 11.7. The Hall–Kier alpha value is -1.26. The summed E-state index contributed by atoms with van der Waals surface area (Å²) in [5.74, 6) is 3.12. The monoisotopic (exact) mass is 432 g/mol. The van der Waals surface area contributed by atoms with E-state index in [4.69, 9.17) is 9.47 Å². The molecule has 0 aliphatic heterocycles. The van der Waals surface area contributed by atoms with Crippen molar-refractivity contribution in [3.8, 4) is 11.5 Å². The summed E-state index contributed by atoms with van der Waals surface area (Å²) in [4.78, 5) is 0. The molecule has 0 amide bonds. The standard InChI is InChI=1S/C25H36O2S2/c1-24(2,3)20-10-16(22(26-7)18(12-20)14-28)9-17-11-21(25(4,5)6)13-19(15-29)23(17)27-8/h10-13,28-29H,9,14-15H2,1-8H3. The van der Waals surface area contributed by atoms with Crippen molar-refractivity contribution in [3.05, 3.63) is 57.6 Å². The Morgan fingerprint density at radius 1 is 0.621 bits per heavy atom. The third-order valence-electron chi connectivity index (χ3n) is 5.35. The molecule has 0 radical (unpaired) electrons. The van der Waals surface area contributed by atoms with Gasteiger partial charge in [0.1, 0.15) is 11.5 Å². The third kappa shape index (κ3) is 5.46. The van der Waals surface area contributed by atoms with E-state index in [-0.39, 0.29) is 10.8 Å². The highest BCUT2D eigenvalue weighted by molar-refractivity contribution is 7.79. The van der Waals surface area contributed by atoms with Crippen LogP contribution in [-0.2, 0) is 28.8 Å². The molecule has 2 nitrogen and oxygen atoms in total. The van der Waals surface area contributed by atoms with Gasteiger partial charge >= 0.3 is 0 Å². The van der Waals surface area contributed by atoms with Crippen molar-refractivity contribution in [3.63, 3.8) is 0 Å². The van der Waals surface area contributed by atoms with Crippen LogP contribution in [0.1, 0.15) is 74.9 Å². The lowest BCUT2D eigenvalue weighted by Gasteiger charge is -2.25. The molecule has 29 heavy (non-hydrogen) atoms. The molecule has 0 atom stereocenters. The first kappa shape index (κ1) is 24.0. The maximum absolute atomic E-state index is 5.83. The Labute approximate surface area is 188 Å². The van der Waals surface area contributed by atoms with Crippen molar-refractivity contribution in [1.82, 2.24) is 0 Å². The highest BCUT2D eigenvalue weighted by Crippen LogP contribution is 2.38. The second kappa shape index (κ2) is 9.26. The molecule has 0 aliphatic carbocycles. The van der Waals surface area contributed by atoms with Crippen LogP contribution in [0, 0.1) is 0 Å². The molecular formula is C25H36O2S2. The number of rotatable bonds is 6. The maximum atomic E-state index is 5.83. The van der Waals surface area contributed by atoms with Crippen molar-refractivity contribution in [1.29, 1.82) is 0 Å². The Balaban J connectivity index is 2.72. The molecule has 0 saturated carbocycles. The van der Waals surface area contributed by atoms with E-state index >= 15 is 0 Å². The van der Waals surface area contributed by atoms with E-state index in [0.29, 0.717) is 11.5 Å². The van der Waals surface area contributed by atoms with Gasteiger partial charge in [-0.25, -0.2) is 0 Å². The molecule has 0 spiro atoms. The Bertz CT molecular complexity index is 787. The first-order chi connectivity index (χ1) is 13.5. The lowest BCUT2D eigenvalue weighted by atomic mass is 9.82. The maximum Gasteiger partial charge on any atom is 0.126 e. The second-order valence-corrected chi connectivity index (χ2v) is 10.3. The van der Waals surface area contributed by atoms with Crippen molar-refractivity contribution in [2.45, 2.75) is 70.3 Å². The lowest BCUT2D eigenvalue weighted by molar-refractivity contribution is 0.401. The van der Waals surface area contributed by atoms with E-state index in [0.717, 1.165) is 29.0 Å². The Morgan fingerprint density at radius 3 is 1.17 bits per heavy atom. The van der Waals surface area contributed by atoms with Crippen LogP contribution in [0.4, 0.5) is 0 Å². The van der Waals surface area contributed by atoms with E-state index in [9.17, 15) is 0 Å². The van der Waals surface area contributed by atoms with Crippen LogP contribution in [0.15, 0.2) is 24.3 Å². The van der Waals surface area contributed by atoms with Gasteiger partial charge in [-0.2, -0.15) is 25.3 Å². The van der Waals surface area contributed by atoms with E-state index in [1.54, 1.807) is 14.2 Å². The summed E-state index contributed by atoms with van der Waals surface area (Å²) in [6, 6.07) is 8.99. The van der Waals surface area contributed by atoms with Gasteiger partial charge in [0.15, 0.2) is 0 Å². The molecule has 4 heteroatoms. The average molecular weight is 433 g/mol. The van der Waals surface area contributed by atoms with E-state index in [1.807, 2.05) is 0 Å². The SMILES string of the molecule is COc1c(CS)cc(C(C)(C)C)cc1Cc1cc(C(C)(C)C)cc(CS)c1OC. The fourth-order valence-electron chi connectivity index (χ4n) is 3.60. The molecule has 0 saturated heterocycles. The summed E-state index contributed by atoms with van der Waals surface area (Å²) in [5.41, 5.74) is 7.25. The van der Waals surface area contributed by atoms with Gasteiger partial charge in [0.05, 0.1) is 14.2 Å². The van der Waals surface area contributed by atoms with Crippen LogP contribution in [0.5, 0.6) is 11.5 Å². The van der Waals surface area contributed by atoms with Gasteiger partial charge in [-0.1, -0.05) is 65.8 Å². The van der Waals surface area contributed by atoms with E-state index < -0.39 is 0 Å². The van der Waals surface area contributed by atoms with Crippen molar-refractivity contribution < 1.29 is 9.47 Å². The van der Waals surface area contributed by atoms with Gasteiger partial charge in [-0.3, -0.25) is 0 Å². The number of hydrogen-bond donors (Lipinski definition) is 2. The molecule has 2 rings (SSSR count). The summed E-state index contributed by atoms with van der Waals surface area (Å²) in [5, 5.41) is 0. The first-order valence-corrected chi connectivity index (χ1v) is 11.3. The third-order valence-corrected chi connectivity index (χ3v) is 6.03. The van der Waals surface area contributed by atoms with Crippen LogP contribution in [0.25, 0.3) is 0 Å². The van der Waals surface area contributed by atoms with Gasteiger partial charge in [0.25, 0.3) is 0 Å². The topological polar surface area (TPSA) is 18.5 Å². The number of thiol groups is 2. The molecule has 160 valence electrons. The second-order valence-electron chi connectivity index (χ2n) is 9.65. The van der Waals surface area contributed by atoms with Gasteiger partial charge in [0.2, 0.25) is 0 Å². The molecular weight excluding hydrogens is 396 g/mol. The zero-order valence-electron chi connectivity index (χ0n) is 19.1. The van der Waals surface area contributed by atoms with Crippen molar-refractivity contribution in [2.75, 3.05) is 14.2 Å². The predicted molar refractivity (Wildman–Crippen MR) is 132 cm³/mol. The summed E-state index contributed by atoms with van der Waals surface area (Å²) in [6.45, 7) is 13.4. The minimum absolute atomic E-state index is 0.0479. The summed E-state index contributed by atoms with van der Waals surface area (Å²) in [6.07, 6.45) is 0.738. The van der Waals surface area contributed by atoms with Crippen LogP contribution in [0.2, 0.25) is 0 Å². The van der Waals surface area contributed by atoms with Crippen LogP contribution in [-0.4, -0.2) is 14.2 Å². The van der Waals surface area contributed by atoms with Gasteiger partial charge in [-0.15, -0.1) is 0 Å². The van der Waals surface area contributed by atoms with Crippen LogP contribution >= 0.6 is 25.3 Å². The average Bonchev–Trinajstić information content (AvgIpc) is 2.64. The molecule has 2 aromatic rings. The lowest BCUT2D eigenvalue weighted by Crippen LogP contribution is -2.14. The largest absolute Gasteiger partial charge is 0.496 e. The molecule has 0 N–H and O–H groups in total. The minimum Gasteiger partial charge on any atom is -0.496 e. The zero-order valence-corrected chi connectivity index (χ0v) is 20.9. The highest BCUT2D eigenvalue weighted by atomic mass is 32.1. The van der Waals surface area contributed by atoms with Crippen LogP contribution in [0.3, 0.4) is 0 Å². The van der Waals surface area contributed by atoms with Crippen molar-refractivity contribution >= 4 is 25.3 Å². The molecule has 0 aromatic heterocycles. The van der Waals surface area contributed by atoms with Gasteiger partial charge in [0, 0.05) is 29.1 Å². The molecule has 0 fully saturated rings. The predicted octanol–water partition coefficient (Wildman–Crippen LogP) is 6.75. The first-order valence-electron chi connectivity index (χ1n) is 10.1. The smallest absolute Gasteiger partial charge is 0.126 e. The fraction of sp³-hybridized carbons (Fsp3) is 0.520. The highest BCUT2D eigenvalue weighted by Gasteiger charge is 2.23. The summed E-state index contributed by atoms with van der Waals surface area (Å²) in [7, 11) is 3.48. The number of hydrogen-bond acceptors (Lipinski definition) is 4. The normalized spacial score (nSPS) is 12.2. The fourth-order valence-corrected chi connectivity index (χ4v) is 4.07. The molecule has 2 aromatic carbocycles. The Kier molecular flexibility index (Phi) is 7.67. The number of benzene rings is 2. The minimum atomic E-state index is 0.0479.